The lowest BCUT2D eigenvalue weighted by Gasteiger charge is -2.17. The molecular formula is C5H15NSi. The maximum atomic E-state index is 2.35. The zero-order valence-corrected chi connectivity index (χ0v) is 7.73. The quantitative estimate of drug-likeness (QED) is 0.447. The molecular weight excluding hydrogens is 102 g/mol. The maximum absolute atomic E-state index is 2.35. The molecule has 0 rings (SSSR count). The number of hydrogen-bond donors (Lipinski definition) is 0. The summed E-state index contributed by atoms with van der Waals surface area (Å²) in [6.45, 7) is 4.44. The SMILES string of the molecule is CC(C)N(C)C[SiH3]. The van der Waals surface area contributed by atoms with E-state index in [9.17, 15) is 0 Å². The fourth-order valence-electron chi connectivity index (χ4n) is 0.365. The molecule has 0 heterocycles. The van der Waals surface area contributed by atoms with Crippen LogP contribution in [0.25, 0.3) is 0 Å². The van der Waals surface area contributed by atoms with Crippen LogP contribution in [0.3, 0.4) is 0 Å². The summed E-state index contributed by atoms with van der Waals surface area (Å²) in [6.07, 6.45) is 1.29. The van der Waals surface area contributed by atoms with Crippen LogP contribution < -0.4 is 0 Å². The summed E-state index contributed by atoms with van der Waals surface area (Å²) in [5.74, 6) is 0. The third-order valence-electron chi connectivity index (χ3n) is 1.38. The first kappa shape index (κ1) is 7.18. The van der Waals surface area contributed by atoms with Gasteiger partial charge in [0.2, 0.25) is 0 Å². The maximum Gasteiger partial charge on any atom is 0.0205 e. The van der Waals surface area contributed by atoms with Gasteiger partial charge in [-0.15, -0.1) is 0 Å². The first-order valence-corrected chi connectivity index (χ1v) is 4.30. The van der Waals surface area contributed by atoms with E-state index in [2.05, 4.69) is 25.8 Å². The monoisotopic (exact) mass is 117 g/mol. The van der Waals surface area contributed by atoms with Gasteiger partial charge in [0.25, 0.3) is 0 Å². The fourth-order valence-corrected chi connectivity index (χ4v) is 1.10. The van der Waals surface area contributed by atoms with Crippen molar-refractivity contribution in [1.29, 1.82) is 0 Å². The zero-order valence-electron chi connectivity index (χ0n) is 5.73. The second kappa shape index (κ2) is 3.21. The van der Waals surface area contributed by atoms with Gasteiger partial charge in [-0.3, -0.25) is 0 Å². The lowest BCUT2D eigenvalue weighted by Crippen LogP contribution is -2.27. The average molecular weight is 117 g/mol. The van der Waals surface area contributed by atoms with Gasteiger partial charge >= 0.3 is 0 Å². The Morgan fingerprint density at radius 3 is 2.00 bits per heavy atom. The van der Waals surface area contributed by atoms with E-state index >= 15 is 0 Å². The van der Waals surface area contributed by atoms with Gasteiger partial charge in [0, 0.05) is 16.3 Å². The Labute approximate surface area is 49.1 Å². The van der Waals surface area contributed by atoms with Crippen LogP contribution in [0.5, 0.6) is 0 Å². The van der Waals surface area contributed by atoms with Crippen molar-refractivity contribution in [2.24, 2.45) is 0 Å². The van der Waals surface area contributed by atoms with Gasteiger partial charge in [0.05, 0.1) is 0 Å². The number of rotatable bonds is 2. The second-order valence-electron chi connectivity index (χ2n) is 2.17. The molecule has 0 aromatic rings. The molecule has 0 spiro atoms. The molecule has 0 fully saturated rings. The molecule has 44 valence electrons. The molecule has 1 nitrogen and oxygen atoms in total. The van der Waals surface area contributed by atoms with Crippen LogP contribution in [0.1, 0.15) is 13.8 Å². The van der Waals surface area contributed by atoms with Crippen LogP contribution >= 0.6 is 0 Å². The molecule has 0 saturated heterocycles. The van der Waals surface area contributed by atoms with Gasteiger partial charge < -0.3 is 4.90 Å². The Bertz CT molecular complexity index is 45.3. The third kappa shape index (κ3) is 2.82. The van der Waals surface area contributed by atoms with Gasteiger partial charge in [-0.2, -0.15) is 0 Å². The van der Waals surface area contributed by atoms with Crippen molar-refractivity contribution in [3.8, 4) is 0 Å². The van der Waals surface area contributed by atoms with E-state index in [1.807, 2.05) is 0 Å². The first-order valence-electron chi connectivity index (χ1n) is 2.88. The highest BCUT2D eigenvalue weighted by Gasteiger charge is 1.95. The minimum atomic E-state index is 0.734. The number of hydrogen-bond acceptors (Lipinski definition) is 1. The smallest absolute Gasteiger partial charge is 0.0205 e. The number of nitrogens with zero attached hydrogens (tertiary/aromatic N) is 1. The standard InChI is InChI=1S/C5H15NSi/c1-5(2)6(3)4-7/h5H,4H2,1-3,7H3. The highest BCUT2D eigenvalue weighted by atomic mass is 28.1. The van der Waals surface area contributed by atoms with Crippen molar-refractivity contribution in [2.45, 2.75) is 19.9 Å². The van der Waals surface area contributed by atoms with E-state index in [0.717, 1.165) is 6.04 Å². The van der Waals surface area contributed by atoms with Crippen LogP contribution in [-0.2, 0) is 0 Å². The normalized spacial score (nSPS) is 11.6. The lowest BCUT2D eigenvalue weighted by atomic mass is 10.4. The summed E-state index contributed by atoms with van der Waals surface area (Å²) in [4.78, 5) is 2.35. The van der Waals surface area contributed by atoms with E-state index < -0.39 is 0 Å². The van der Waals surface area contributed by atoms with Crippen molar-refractivity contribution in [1.82, 2.24) is 4.90 Å². The van der Waals surface area contributed by atoms with Crippen LogP contribution in [-0.4, -0.2) is 34.4 Å². The topological polar surface area (TPSA) is 3.24 Å². The van der Waals surface area contributed by atoms with E-state index in [-0.39, 0.29) is 0 Å². The highest BCUT2D eigenvalue weighted by molar-refractivity contribution is 6.08. The highest BCUT2D eigenvalue weighted by Crippen LogP contribution is 1.87. The Morgan fingerprint density at radius 1 is 1.57 bits per heavy atom. The van der Waals surface area contributed by atoms with Gasteiger partial charge in [-0.05, 0) is 27.1 Å². The van der Waals surface area contributed by atoms with Crippen molar-refractivity contribution in [3.05, 3.63) is 0 Å². The molecule has 0 aromatic heterocycles. The van der Waals surface area contributed by atoms with E-state index in [1.54, 1.807) is 0 Å². The van der Waals surface area contributed by atoms with Gasteiger partial charge in [0.15, 0.2) is 0 Å². The summed E-state index contributed by atoms with van der Waals surface area (Å²) in [6, 6.07) is 0.734. The van der Waals surface area contributed by atoms with Crippen molar-refractivity contribution >= 4 is 10.2 Å². The minimum absolute atomic E-state index is 0.734. The Balaban J connectivity index is 3.14. The van der Waals surface area contributed by atoms with Gasteiger partial charge in [-0.1, -0.05) is 0 Å². The Morgan fingerprint density at radius 2 is 2.00 bits per heavy atom. The van der Waals surface area contributed by atoms with E-state index in [1.165, 1.54) is 16.4 Å². The average Bonchev–Trinajstić information content (AvgIpc) is 1.65. The summed E-state index contributed by atoms with van der Waals surface area (Å²) < 4.78 is 0. The zero-order chi connectivity index (χ0) is 5.86. The first-order chi connectivity index (χ1) is 3.18. The summed E-state index contributed by atoms with van der Waals surface area (Å²) in [5, 5.41) is 0. The molecule has 0 aromatic carbocycles. The van der Waals surface area contributed by atoms with Crippen molar-refractivity contribution < 1.29 is 0 Å². The van der Waals surface area contributed by atoms with Crippen LogP contribution in [0.4, 0.5) is 0 Å². The largest absolute Gasteiger partial charge is 0.308 e. The molecule has 0 radical (unpaired) electrons. The molecule has 0 aliphatic rings. The summed E-state index contributed by atoms with van der Waals surface area (Å²) in [7, 11) is 3.46. The molecule has 0 aliphatic carbocycles. The molecule has 2 heteroatoms. The third-order valence-corrected chi connectivity index (χ3v) is 2.38. The lowest BCUT2D eigenvalue weighted by molar-refractivity contribution is 0.318. The van der Waals surface area contributed by atoms with Crippen molar-refractivity contribution in [3.63, 3.8) is 0 Å². The van der Waals surface area contributed by atoms with E-state index in [4.69, 9.17) is 0 Å². The molecule has 0 amide bonds. The summed E-state index contributed by atoms with van der Waals surface area (Å²) in [5.41, 5.74) is 0. The minimum Gasteiger partial charge on any atom is -0.308 e. The van der Waals surface area contributed by atoms with Crippen LogP contribution in [0.2, 0.25) is 0 Å². The fraction of sp³-hybridized carbons (Fsp3) is 1.00. The Kier molecular flexibility index (Phi) is 3.30. The predicted molar refractivity (Wildman–Crippen MR) is 37.7 cm³/mol. The van der Waals surface area contributed by atoms with E-state index in [0.29, 0.717) is 0 Å². The molecule has 0 unspecified atom stereocenters. The molecule has 0 N–H and O–H groups in total. The Hall–Kier alpha value is 0.177. The molecule has 0 atom stereocenters. The van der Waals surface area contributed by atoms with Crippen molar-refractivity contribution in [2.75, 3.05) is 13.2 Å². The van der Waals surface area contributed by atoms with Gasteiger partial charge in [0.1, 0.15) is 0 Å². The molecule has 7 heavy (non-hydrogen) atoms. The molecule has 0 bridgehead atoms. The van der Waals surface area contributed by atoms with Gasteiger partial charge in [-0.25, -0.2) is 0 Å². The van der Waals surface area contributed by atoms with Crippen LogP contribution in [0, 0.1) is 0 Å². The molecule has 0 saturated carbocycles. The van der Waals surface area contributed by atoms with Crippen LogP contribution in [0.15, 0.2) is 0 Å². The summed E-state index contributed by atoms with van der Waals surface area (Å²) >= 11 is 0. The second-order valence-corrected chi connectivity index (χ2v) is 2.80. The predicted octanol–water partition coefficient (Wildman–Crippen LogP) is -0.351. The molecule has 0 aliphatic heterocycles.